The van der Waals surface area contributed by atoms with Crippen molar-refractivity contribution in [3.05, 3.63) is 40.9 Å². The van der Waals surface area contributed by atoms with Gasteiger partial charge in [0.15, 0.2) is 11.6 Å². The Balaban J connectivity index is 2.16. The Labute approximate surface area is 119 Å². The average molecular weight is 326 g/mol. The van der Waals surface area contributed by atoms with E-state index in [-0.39, 0.29) is 5.75 Å². The second-order valence-corrected chi connectivity index (χ2v) is 4.76. The predicted molar refractivity (Wildman–Crippen MR) is 75.0 cm³/mol. The van der Waals surface area contributed by atoms with Gasteiger partial charge in [-0.15, -0.1) is 0 Å². The molecule has 1 aromatic heterocycles. The normalized spacial score (nSPS) is 10.3. The summed E-state index contributed by atoms with van der Waals surface area (Å²) < 4.78 is 19.7. The van der Waals surface area contributed by atoms with E-state index in [0.717, 1.165) is 17.4 Å². The Morgan fingerprint density at radius 1 is 1.32 bits per heavy atom. The van der Waals surface area contributed by atoms with Gasteiger partial charge in [-0.25, -0.2) is 14.4 Å². The van der Waals surface area contributed by atoms with Crippen LogP contribution in [0.5, 0.6) is 11.6 Å². The minimum atomic E-state index is -0.440. The standard InChI is InChI=1S/C13H13BrFN3O/c1-2-5-16-12-7-13(18-8-17-12)19-11-6-9(14)3-4-10(11)15/h3-4,6-8H,2,5H2,1H3,(H,16,17,18). The molecule has 0 aliphatic carbocycles. The second-order valence-electron chi connectivity index (χ2n) is 3.85. The van der Waals surface area contributed by atoms with E-state index in [9.17, 15) is 4.39 Å². The van der Waals surface area contributed by atoms with Crippen LogP contribution in [0.2, 0.25) is 0 Å². The van der Waals surface area contributed by atoms with Crippen LogP contribution < -0.4 is 10.1 Å². The van der Waals surface area contributed by atoms with Gasteiger partial charge in [-0.1, -0.05) is 22.9 Å². The van der Waals surface area contributed by atoms with E-state index in [0.29, 0.717) is 11.7 Å². The minimum absolute atomic E-state index is 0.120. The maximum Gasteiger partial charge on any atom is 0.224 e. The number of hydrogen-bond donors (Lipinski definition) is 1. The zero-order valence-electron chi connectivity index (χ0n) is 10.4. The number of hydrogen-bond acceptors (Lipinski definition) is 4. The molecule has 0 amide bonds. The first kappa shape index (κ1) is 13.7. The van der Waals surface area contributed by atoms with Crippen molar-refractivity contribution in [3.63, 3.8) is 0 Å². The predicted octanol–water partition coefficient (Wildman–Crippen LogP) is 3.99. The van der Waals surface area contributed by atoms with Gasteiger partial charge in [0.25, 0.3) is 0 Å². The average Bonchev–Trinajstić information content (AvgIpc) is 2.41. The van der Waals surface area contributed by atoms with Gasteiger partial charge in [-0.3, -0.25) is 0 Å². The Hall–Kier alpha value is -1.69. The van der Waals surface area contributed by atoms with E-state index in [4.69, 9.17) is 4.74 Å². The van der Waals surface area contributed by atoms with Crippen molar-refractivity contribution in [1.82, 2.24) is 9.97 Å². The molecule has 0 unspecified atom stereocenters. The van der Waals surface area contributed by atoms with Crippen LogP contribution in [0, 0.1) is 5.82 Å². The molecular formula is C13H13BrFN3O. The number of rotatable bonds is 5. The number of benzene rings is 1. The highest BCUT2D eigenvalue weighted by atomic mass is 79.9. The summed E-state index contributed by atoms with van der Waals surface area (Å²) in [6, 6.07) is 6.12. The molecule has 0 atom stereocenters. The summed E-state index contributed by atoms with van der Waals surface area (Å²) in [6.45, 7) is 2.87. The van der Waals surface area contributed by atoms with Crippen molar-refractivity contribution in [2.24, 2.45) is 0 Å². The van der Waals surface area contributed by atoms with E-state index in [1.165, 1.54) is 12.4 Å². The summed E-state index contributed by atoms with van der Waals surface area (Å²) in [5.74, 6) is 0.632. The first-order chi connectivity index (χ1) is 9.19. The summed E-state index contributed by atoms with van der Waals surface area (Å²) in [5.41, 5.74) is 0. The summed E-state index contributed by atoms with van der Waals surface area (Å²) in [4.78, 5) is 8.01. The molecule has 0 saturated carbocycles. The van der Waals surface area contributed by atoms with Crippen molar-refractivity contribution < 1.29 is 9.13 Å². The molecule has 6 heteroatoms. The van der Waals surface area contributed by atoms with Gasteiger partial charge in [-0.2, -0.15) is 0 Å². The Morgan fingerprint density at radius 3 is 2.95 bits per heavy atom. The van der Waals surface area contributed by atoms with Gasteiger partial charge >= 0.3 is 0 Å². The number of halogens is 2. The molecule has 4 nitrogen and oxygen atoms in total. The molecule has 2 aromatic rings. The largest absolute Gasteiger partial charge is 0.436 e. The van der Waals surface area contributed by atoms with E-state index < -0.39 is 5.82 Å². The molecule has 0 spiro atoms. The van der Waals surface area contributed by atoms with Crippen molar-refractivity contribution >= 4 is 21.7 Å². The number of nitrogens with one attached hydrogen (secondary N) is 1. The van der Waals surface area contributed by atoms with E-state index in [1.54, 1.807) is 18.2 Å². The lowest BCUT2D eigenvalue weighted by Gasteiger charge is -2.08. The van der Waals surface area contributed by atoms with Gasteiger partial charge in [0.05, 0.1) is 0 Å². The number of aromatic nitrogens is 2. The maximum absolute atomic E-state index is 13.6. The van der Waals surface area contributed by atoms with Crippen molar-refractivity contribution in [2.45, 2.75) is 13.3 Å². The highest BCUT2D eigenvalue weighted by Gasteiger charge is 2.07. The maximum atomic E-state index is 13.6. The van der Waals surface area contributed by atoms with Crippen LogP contribution in [0.15, 0.2) is 35.1 Å². The fraction of sp³-hybridized carbons (Fsp3) is 0.231. The smallest absolute Gasteiger partial charge is 0.224 e. The van der Waals surface area contributed by atoms with Crippen LogP contribution in [-0.2, 0) is 0 Å². The van der Waals surface area contributed by atoms with Crippen LogP contribution in [0.4, 0.5) is 10.2 Å². The minimum Gasteiger partial charge on any atom is -0.436 e. The fourth-order valence-corrected chi connectivity index (χ4v) is 1.75. The number of ether oxygens (including phenoxy) is 1. The lowest BCUT2D eigenvalue weighted by molar-refractivity contribution is 0.426. The Kier molecular flexibility index (Phi) is 4.68. The monoisotopic (exact) mass is 325 g/mol. The van der Waals surface area contributed by atoms with Gasteiger partial charge in [0, 0.05) is 17.1 Å². The fourth-order valence-electron chi connectivity index (χ4n) is 1.41. The second kappa shape index (κ2) is 6.47. The third-order valence-electron chi connectivity index (χ3n) is 2.31. The van der Waals surface area contributed by atoms with Gasteiger partial charge < -0.3 is 10.1 Å². The van der Waals surface area contributed by atoms with Crippen molar-refractivity contribution in [1.29, 1.82) is 0 Å². The molecule has 100 valence electrons. The molecule has 0 aliphatic heterocycles. The van der Waals surface area contributed by atoms with Crippen LogP contribution in [-0.4, -0.2) is 16.5 Å². The SMILES string of the molecule is CCCNc1cc(Oc2cc(Br)ccc2F)ncn1. The molecular weight excluding hydrogens is 313 g/mol. The summed E-state index contributed by atoms with van der Waals surface area (Å²) in [5, 5.41) is 3.11. The summed E-state index contributed by atoms with van der Waals surface area (Å²) >= 11 is 3.27. The van der Waals surface area contributed by atoms with Crippen molar-refractivity contribution in [2.75, 3.05) is 11.9 Å². The lowest BCUT2D eigenvalue weighted by atomic mass is 10.3. The molecule has 19 heavy (non-hydrogen) atoms. The van der Waals surface area contributed by atoms with Crippen LogP contribution in [0.1, 0.15) is 13.3 Å². The highest BCUT2D eigenvalue weighted by molar-refractivity contribution is 9.10. The molecule has 1 aromatic carbocycles. The number of nitrogens with zero attached hydrogens (tertiary/aromatic N) is 2. The zero-order chi connectivity index (χ0) is 13.7. The Bertz CT molecular complexity index is 565. The first-order valence-corrected chi connectivity index (χ1v) is 6.67. The van der Waals surface area contributed by atoms with Gasteiger partial charge in [-0.05, 0) is 24.6 Å². The molecule has 1 N–H and O–H groups in total. The van der Waals surface area contributed by atoms with E-state index in [2.05, 4.69) is 38.1 Å². The summed E-state index contributed by atoms with van der Waals surface area (Å²) in [6.07, 6.45) is 2.36. The first-order valence-electron chi connectivity index (χ1n) is 5.88. The topological polar surface area (TPSA) is 47.0 Å². The van der Waals surface area contributed by atoms with Crippen LogP contribution in [0.25, 0.3) is 0 Å². The molecule has 1 heterocycles. The molecule has 0 fully saturated rings. The molecule has 0 radical (unpaired) electrons. The lowest BCUT2D eigenvalue weighted by Crippen LogP contribution is -2.02. The molecule has 2 rings (SSSR count). The third kappa shape index (κ3) is 3.89. The number of anilines is 1. The molecule has 0 bridgehead atoms. The Morgan fingerprint density at radius 2 is 2.16 bits per heavy atom. The molecule has 0 aliphatic rings. The van der Waals surface area contributed by atoms with Gasteiger partial charge in [0.2, 0.25) is 5.88 Å². The van der Waals surface area contributed by atoms with Gasteiger partial charge in [0.1, 0.15) is 12.1 Å². The van der Waals surface area contributed by atoms with Crippen LogP contribution >= 0.6 is 15.9 Å². The van der Waals surface area contributed by atoms with Crippen LogP contribution in [0.3, 0.4) is 0 Å². The molecule has 0 saturated heterocycles. The summed E-state index contributed by atoms with van der Waals surface area (Å²) in [7, 11) is 0. The van der Waals surface area contributed by atoms with Crippen molar-refractivity contribution in [3.8, 4) is 11.6 Å². The van der Waals surface area contributed by atoms with E-state index >= 15 is 0 Å². The highest BCUT2D eigenvalue weighted by Crippen LogP contribution is 2.26. The quantitative estimate of drug-likeness (QED) is 0.902. The zero-order valence-corrected chi connectivity index (χ0v) is 11.9. The third-order valence-corrected chi connectivity index (χ3v) is 2.80. The van der Waals surface area contributed by atoms with E-state index in [1.807, 2.05) is 0 Å².